The predicted octanol–water partition coefficient (Wildman–Crippen LogP) is 1.06. The van der Waals surface area contributed by atoms with Gasteiger partial charge < -0.3 is 19.5 Å². The minimum atomic E-state index is -0.492. The van der Waals surface area contributed by atoms with E-state index in [4.69, 9.17) is 4.74 Å². The molecule has 23 heavy (non-hydrogen) atoms. The van der Waals surface area contributed by atoms with Gasteiger partial charge in [0.1, 0.15) is 25.0 Å². The Labute approximate surface area is 138 Å². The molecule has 0 aliphatic carbocycles. The second-order valence-electron chi connectivity index (χ2n) is 6.49. The maximum atomic E-state index is 11.4. The van der Waals surface area contributed by atoms with Gasteiger partial charge in [-0.1, -0.05) is 0 Å². The van der Waals surface area contributed by atoms with E-state index in [9.17, 15) is 9.90 Å². The van der Waals surface area contributed by atoms with Crippen LogP contribution >= 0.6 is 0 Å². The number of carbonyl (C=O) groups excluding carboxylic acids is 1. The summed E-state index contributed by atoms with van der Waals surface area (Å²) < 4.78 is 10.3. The van der Waals surface area contributed by atoms with E-state index in [1.807, 2.05) is 0 Å². The number of carbonyl (C=O) groups is 1. The molecule has 0 amide bonds. The van der Waals surface area contributed by atoms with E-state index in [1.54, 1.807) is 24.3 Å². The molecule has 128 valence electrons. The van der Waals surface area contributed by atoms with Gasteiger partial charge in [0.2, 0.25) is 0 Å². The van der Waals surface area contributed by atoms with Crippen LogP contribution in [0.25, 0.3) is 0 Å². The highest BCUT2D eigenvalue weighted by molar-refractivity contribution is 5.89. The molecule has 1 fully saturated rings. The average molecular weight is 322 g/mol. The summed E-state index contributed by atoms with van der Waals surface area (Å²) in [5.41, 5.74) is 0.487. The van der Waals surface area contributed by atoms with E-state index >= 15 is 0 Å². The molecule has 3 atom stereocenters. The highest BCUT2D eigenvalue weighted by Crippen LogP contribution is 2.13. The number of ether oxygens (including phenoxy) is 2. The highest BCUT2D eigenvalue weighted by Gasteiger charge is 2.30. The third-order valence-corrected chi connectivity index (χ3v) is 4.73. The van der Waals surface area contributed by atoms with Gasteiger partial charge in [0.15, 0.2) is 0 Å². The number of nitrogens with one attached hydrogen (secondary N) is 1. The number of methoxy groups -OCH3 is 1. The van der Waals surface area contributed by atoms with Crippen LogP contribution in [0.4, 0.5) is 0 Å². The summed E-state index contributed by atoms with van der Waals surface area (Å²) in [5, 5.41) is 10.3. The van der Waals surface area contributed by atoms with Crippen molar-refractivity contribution >= 4 is 5.97 Å². The van der Waals surface area contributed by atoms with Crippen LogP contribution in [0.1, 0.15) is 43.5 Å². The largest absolute Gasteiger partial charge is 0.491 e. The minimum absolute atomic E-state index is 0.264. The summed E-state index contributed by atoms with van der Waals surface area (Å²) in [7, 11) is 1.36. The van der Waals surface area contributed by atoms with Crippen molar-refractivity contribution in [2.24, 2.45) is 0 Å². The molecule has 0 saturated carbocycles. The lowest BCUT2D eigenvalue weighted by Crippen LogP contribution is -3.20. The van der Waals surface area contributed by atoms with E-state index in [-0.39, 0.29) is 12.6 Å². The fourth-order valence-electron chi connectivity index (χ4n) is 3.32. The molecule has 1 aliphatic rings. The number of aliphatic hydroxyl groups excluding tert-OH is 1. The number of likely N-dealkylation sites (tertiary alicyclic amines) is 1. The maximum absolute atomic E-state index is 11.4. The lowest BCUT2D eigenvalue weighted by atomic mass is 9.97. The monoisotopic (exact) mass is 322 g/mol. The third-order valence-electron chi connectivity index (χ3n) is 4.73. The van der Waals surface area contributed by atoms with E-state index in [0.717, 1.165) is 0 Å². The molecule has 1 aliphatic heterocycles. The summed E-state index contributed by atoms with van der Waals surface area (Å²) in [5.74, 6) is 0.278. The quantitative estimate of drug-likeness (QED) is 0.769. The van der Waals surface area contributed by atoms with Gasteiger partial charge in [0, 0.05) is 0 Å². The molecule has 1 aromatic rings. The zero-order chi connectivity index (χ0) is 16.8. The second-order valence-corrected chi connectivity index (χ2v) is 6.49. The van der Waals surface area contributed by atoms with E-state index < -0.39 is 6.10 Å². The molecule has 0 aromatic heterocycles. The van der Waals surface area contributed by atoms with Crippen LogP contribution in [-0.4, -0.2) is 49.5 Å². The number of hydrogen-bond acceptors (Lipinski definition) is 4. The Hall–Kier alpha value is -1.59. The van der Waals surface area contributed by atoms with Gasteiger partial charge in [0.25, 0.3) is 0 Å². The summed E-state index contributed by atoms with van der Waals surface area (Å²) in [6, 6.07) is 7.94. The predicted molar refractivity (Wildman–Crippen MR) is 87.9 cm³/mol. The number of benzene rings is 1. The lowest BCUT2D eigenvalue weighted by molar-refractivity contribution is -0.954. The van der Waals surface area contributed by atoms with Gasteiger partial charge in [-0.05, 0) is 57.4 Å². The van der Waals surface area contributed by atoms with Crippen LogP contribution in [0, 0.1) is 0 Å². The molecule has 2 rings (SSSR count). The van der Waals surface area contributed by atoms with E-state index in [2.05, 4.69) is 18.6 Å². The molecule has 1 aromatic carbocycles. The minimum Gasteiger partial charge on any atom is -0.491 e. The topological polar surface area (TPSA) is 60.2 Å². The Balaban J connectivity index is 1.81. The normalized spacial score (nSPS) is 23.3. The molecule has 0 radical (unpaired) electrons. The highest BCUT2D eigenvalue weighted by atomic mass is 16.5. The second kappa shape index (κ2) is 8.31. The zero-order valence-corrected chi connectivity index (χ0v) is 14.2. The Bertz CT molecular complexity index is 492. The fraction of sp³-hybridized carbons (Fsp3) is 0.611. The van der Waals surface area contributed by atoms with Gasteiger partial charge in [0.05, 0.1) is 24.8 Å². The van der Waals surface area contributed by atoms with Gasteiger partial charge in [-0.2, -0.15) is 0 Å². The van der Waals surface area contributed by atoms with Crippen LogP contribution in [0.5, 0.6) is 5.75 Å². The van der Waals surface area contributed by atoms with Crippen molar-refractivity contribution in [2.45, 2.75) is 51.3 Å². The van der Waals surface area contributed by atoms with Gasteiger partial charge in [-0.15, -0.1) is 0 Å². The van der Waals surface area contributed by atoms with E-state index in [0.29, 0.717) is 29.9 Å². The maximum Gasteiger partial charge on any atom is 0.337 e. The molecule has 5 heteroatoms. The van der Waals surface area contributed by atoms with Crippen molar-refractivity contribution in [2.75, 3.05) is 20.3 Å². The number of esters is 1. The first kappa shape index (κ1) is 17.8. The standard InChI is InChI=1S/C18H27NO4/c1-13-5-4-6-14(2)19(13)11-16(20)12-23-17-9-7-15(8-10-17)18(21)22-3/h7-10,13-14,16,20H,4-6,11-12H2,1-3H3/p+1/t13-,14-,16+/m1/s1. The Morgan fingerprint density at radius 1 is 1.26 bits per heavy atom. The first-order chi connectivity index (χ1) is 11.0. The van der Waals surface area contributed by atoms with Crippen LogP contribution in [0.3, 0.4) is 0 Å². The zero-order valence-electron chi connectivity index (χ0n) is 14.2. The summed E-state index contributed by atoms with van der Waals surface area (Å²) in [4.78, 5) is 12.8. The first-order valence-corrected chi connectivity index (χ1v) is 8.36. The Kier molecular flexibility index (Phi) is 6.42. The molecular formula is C18H28NO4+. The van der Waals surface area contributed by atoms with Crippen molar-refractivity contribution in [1.82, 2.24) is 0 Å². The third kappa shape index (κ3) is 4.94. The SMILES string of the molecule is COC(=O)c1ccc(OC[C@@H](O)C[NH+]2[C@H](C)CCC[C@H]2C)cc1. The molecule has 1 saturated heterocycles. The van der Waals surface area contributed by atoms with Crippen molar-refractivity contribution in [1.29, 1.82) is 0 Å². The number of rotatable bonds is 6. The smallest absolute Gasteiger partial charge is 0.337 e. The molecule has 1 heterocycles. The Morgan fingerprint density at radius 3 is 2.43 bits per heavy atom. The van der Waals surface area contributed by atoms with Gasteiger partial charge >= 0.3 is 5.97 Å². The van der Waals surface area contributed by atoms with Crippen molar-refractivity contribution in [3.8, 4) is 5.75 Å². The van der Waals surface area contributed by atoms with Gasteiger partial charge in [-0.25, -0.2) is 4.79 Å². The fourth-order valence-corrected chi connectivity index (χ4v) is 3.32. The lowest BCUT2D eigenvalue weighted by Gasteiger charge is -2.36. The molecular weight excluding hydrogens is 294 g/mol. The summed E-state index contributed by atoms with van der Waals surface area (Å²) in [6.07, 6.45) is 3.24. The van der Waals surface area contributed by atoms with Crippen LogP contribution in [-0.2, 0) is 4.74 Å². The van der Waals surface area contributed by atoms with E-state index in [1.165, 1.54) is 31.3 Å². The number of hydrogen-bond donors (Lipinski definition) is 2. The van der Waals surface area contributed by atoms with Gasteiger partial charge in [-0.3, -0.25) is 0 Å². The summed E-state index contributed by atoms with van der Waals surface area (Å²) >= 11 is 0. The molecule has 2 N–H and O–H groups in total. The molecule has 0 bridgehead atoms. The number of piperidine rings is 1. The first-order valence-electron chi connectivity index (χ1n) is 8.36. The molecule has 0 unspecified atom stereocenters. The number of aliphatic hydroxyl groups is 1. The Morgan fingerprint density at radius 2 is 1.87 bits per heavy atom. The van der Waals surface area contributed by atoms with Crippen molar-refractivity contribution < 1.29 is 24.3 Å². The molecule has 5 nitrogen and oxygen atoms in total. The van der Waals surface area contributed by atoms with Crippen LogP contribution < -0.4 is 9.64 Å². The van der Waals surface area contributed by atoms with Crippen molar-refractivity contribution in [3.63, 3.8) is 0 Å². The summed E-state index contributed by atoms with van der Waals surface area (Å²) in [6.45, 7) is 5.48. The average Bonchev–Trinajstić information content (AvgIpc) is 2.56. The van der Waals surface area contributed by atoms with Crippen molar-refractivity contribution in [3.05, 3.63) is 29.8 Å². The molecule has 0 spiro atoms. The number of quaternary nitrogens is 1. The van der Waals surface area contributed by atoms with Crippen LogP contribution in [0.15, 0.2) is 24.3 Å². The van der Waals surface area contributed by atoms with Crippen LogP contribution in [0.2, 0.25) is 0 Å².